The molecule has 5 heteroatoms. The molecule has 1 rings (SSSR count). The van der Waals surface area contributed by atoms with Gasteiger partial charge in [-0.15, -0.1) is 0 Å². The Morgan fingerprint density at radius 3 is 2.48 bits per heavy atom. The number of halogens is 3. The van der Waals surface area contributed by atoms with E-state index in [-0.39, 0.29) is 34.5 Å². The highest BCUT2D eigenvalue weighted by Gasteiger charge is 2.26. The first-order valence-electron chi connectivity index (χ1n) is 7.30. The highest BCUT2D eigenvalue weighted by molar-refractivity contribution is 9.10. The van der Waals surface area contributed by atoms with Gasteiger partial charge in [0, 0.05) is 18.7 Å². The highest BCUT2D eigenvalue weighted by atomic mass is 79.9. The van der Waals surface area contributed by atoms with Gasteiger partial charge in [0.05, 0.1) is 10.6 Å². The van der Waals surface area contributed by atoms with Gasteiger partial charge >= 0.3 is 0 Å². The van der Waals surface area contributed by atoms with Crippen molar-refractivity contribution < 1.29 is 13.5 Å². The minimum atomic E-state index is -0.531. The average Bonchev–Trinajstić information content (AvgIpc) is 2.44. The number of hydrogen-bond acceptors (Lipinski definition) is 2. The summed E-state index contributed by atoms with van der Waals surface area (Å²) in [5.41, 5.74) is 0.0979. The Labute approximate surface area is 134 Å². The number of ether oxygens (including phenoxy) is 1. The molecule has 0 bridgehead atoms. The molecule has 0 radical (unpaired) electrons. The van der Waals surface area contributed by atoms with Gasteiger partial charge in [0.25, 0.3) is 0 Å². The molecule has 120 valence electrons. The van der Waals surface area contributed by atoms with Crippen LogP contribution in [0.25, 0.3) is 0 Å². The molecule has 0 saturated heterocycles. The Kier molecular flexibility index (Phi) is 7.77. The van der Waals surface area contributed by atoms with E-state index in [0.29, 0.717) is 0 Å². The summed E-state index contributed by atoms with van der Waals surface area (Å²) in [7, 11) is 1.64. The van der Waals surface area contributed by atoms with E-state index in [1.54, 1.807) is 7.11 Å². The molecule has 2 nitrogen and oxygen atoms in total. The predicted octanol–water partition coefficient (Wildman–Crippen LogP) is 4.31. The van der Waals surface area contributed by atoms with Crippen molar-refractivity contribution in [1.29, 1.82) is 0 Å². The monoisotopic (exact) mass is 363 g/mol. The number of benzene rings is 1. The standard InChI is InChI=1S/C16H24BrF2NO/c1-5-8-20-14(16(21-4)10(2)3)9-11-13(18)7-6-12(17)15(11)19/h6-7,10,14,16,20H,5,8-9H2,1-4H3. The second kappa shape index (κ2) is 8.81. The summed E-state index contributed by atoms with van der Waals surface area (Å²) in [6, 6.07) is 2.54. The molecule has 2 unspecified atom stereocenters. The molecular weight excluding hydrogens is 340 g/mol. The molecule has 0 spiro atoms. The quantitative estimate of drug-likeness (QED) is 0.694. The van der Waals surface area contributed by atoms with Gasteiger partial charge < -0.3 is 10.1 Å². The predicted molar refractivity (Wildman–Crippen MR) is 85.5 cm³/mol. The van der Waals surface area contributed by atoms with Crippen LogP contribution in [0.15, 0.2) is 16.6 Å². The first-order valence-corrected chi connectivity index (χ1v) is 8.10. The van der Waals surface area contributed by atoms with Crippen LogP contribution in [0.2, 0.25) is 0 Å². The lowest BCUT2D eigenvalue weighted by molar-refractivity contribution is 0.0328. The Morgan fingerprint density at radius 1 is 1.29 bits per heavy atom. The lowest BCUT2D eigenvalue weighted by Gasteiger charge is -2.30. The van der Waals surface area contributed by atoms with Crippen LogP contribution >= 0.6 is 15.9 Å². The van der Waals surface area contributed by atoms with E-state index in [1.807, 2.05) is 13.8 Å². The smallest absolute Gasteiger partial charge is 0.143 e. The summed E-state index contributed by atoms with van der Waals surface area (Å²) < 4.78 is 33.9. The fraction of sp³-hybridized carbons (Fsp3) is 0.625. The molecular formula is C16H24BrF2NO. The van der Waals surface area contributed by atoms with E-state index in [9.17, 15) is 8.78 Å². The lowest BCUT2D eigenvalue weighted by atomic mass is 9.93. The molecule has 2 atom stereocenters. The van der Waals surface area contributed by atoms with Crippen LogP contribution in [0.5, 0.6) is 0 Å². The van der Waals surface area contributed by atoms with Crippen molar-refractivity contribution in [1.82, 2.24) is 5.32 Å². The first kappa shape index (κ1) is 18.5. The van der Waals surface area contributed by atoms with E-state index in [0.717, 1.165) is 13.0 Å². The summed E-state index contributed by atoms with van der Waals surface area (Å²) in [5, 5.41) is 3.35. The van der Waals surface area contributed by atoms with Gasteiger partial charge in [0.1, 0.15) is 11.6 Å². The highest BCUT2D eigenvalue weighted by Crippen LogP contribution is 2.24. The number of rotatable bonds is 8. The molecule has 0 heterocycles. The van der Waals surface area contributed by atoms with Crippen molar-refractivity contribution in [3.8, 4) is 0 Å². The van der Waals surface area contributed by atoms with Gasteiger partial charge in [-0.1, -0.05) is 20.8 Å². The van der Waals surface area contributed by atoms with Crippen molar-refractivity contribution >= 4 is 15.9 Å². The molecule has 0 aliphatic carbocycles. The van der Waals surface area contributed by atoms with E-state index in [4.69, 9.17) is 4.74 Å². The molecule has 0 saturated carbocycles. The van der Waals surface area contributed by atoms with Crippen LogP contribution in [0.1, 0.15) is 32.8 Å². The topological polar surface area (TPSA) is 21.3 Å². The normalized spacial score (nSPS) is 14.5. The van der Waals surface area contributed by atoms with Gasteiger partial charge in [0.15, 0.2) is 0 Å². The molecule has 0 amide bonds. The molecule has 0 aliphatic rings. The molecule has 0 aromatic heterocycles. The van der Waals surface area contributed by atoms with E-state index in [2.05, 4.69) is 28.2 Å². The van der Waals surface area contributed by atoms with E-state index >= 15 is 0 Å². The third-order valence-electron chi connectivity index (χ3n) is 3.55. The zero-order valence-corrected chi connectivity index (χ0v) is 14.6. The Morgan fingerprint density at radius 2 is 1.95 bits per heavy atom. The Bertz CT molecular complexity index is 454. The molecule has 1 N–H and O–H groups in total. The largest absolute Gasteiger partial charge is 0.380 e. The SMILES string of the molecule is CCCNC(Cc1c(F)ccc(Br)c1F)C(OC)C(C)C. The summed E-state index contributed by atoms with van der Waals surface area (Å²) in [5.74, 6) is -0.794. The summed E-state index contributed by atoms with van der Waals surface area (Å²) >= 11 is 3.11. The minimum absolute atomic E-state index is 0.0979. The van der Waals surface area contributed by atoms with Gasteiger partial charge in [-0.05, 0) is 53.4 Å². The van der Waals surface area contributed by atoms with E-state index in [1.165, 1.54) is 12.1 Å². The zero-order valence-electron chi connectivity index (χ0n) is 13.1. The van der Waals surface area contributed by atoms with Crippen molar-refractivity contribution in [3.05, 3.63) is 33.8 Å². The number of nitrogens with one attached hydrogen (secondary N) is 1. The van der Waals surface area contributed by atoms with Crippen LogP contribution in [0, 0.1) is 17.6 Å². The molecule has 1 aromatic rings. The molecule has 21 heavy (non-hydrogen) atoms. The van der Waals surface area contributed by atoms with Crippen molar-refractivity contribution in [3.63, 3.8) is 0 Å². The first-order chi connectivity index (χ1) is 9.92. The third-order valence-corrected chi connectivity index (χ3v) is 4.16. The summed E-state index contributed by atoms with van der Waals surface area (Å²) in [6.45, 7) is 6.93. The average molecular weight is 364 g/mol. The fourth-order valence-corrected chi connectivity index (χ4v) is 2.88. The van der Waals surface area contributed by atoms with Crippen LogP contribution < -0.4 is 5.32 Å². The van der Waals surface area contributed by atoms with Gasteiger partial charge in [-0.2, -0.15) is 0 Å². The maximum atomic E-state index is 14.2. The third kappa shape index (κ3) is 5.01. The zero-order chi connectivity index (χ0) is 16.0. The Hall–Kier alpha value is -0.520. The van der Waals surface area contributed by atoms with Gasteiger partial charge in [0.2, 0.25) is 0 Å². The number of methoxy groups -OCH3 is 1. The number of hydrogen-bond donors (Lipinski definition) is 1. The van der Waals surface area contributed by atoms with Crippen LogP contribution in [-0.4, -0.2) is 25.8 Å². The Balaban J connectivity index is 3.03. The second-order valence-electron chi connectivity index (χ2n) is 5.53. The molecule has 0 aliphatic heterocycles. The van der Waals surface area contributed by atoms with Crippen LogP contribution in [-0.2, 0) is 11.2 Å². The maximum absolute atomic E-state index is 14.2. The van der Waals surface area contributed by atoms with Gasteiger partial charge in [-0.25, -0.2) is 8.78 Å². The maximum Gasteiger partial charge on any atom is 0.143 e. The summed E-state index contributed by atoms with van der Waals surface area (Å²) in [4.78, 5) is 0. The van der Waals surface area contributed by atoms with Crippen molar-refractivity contribution in [2.75, 3.05) is 13.7 Å². The summed E-state index contributed by atoms with van der Waals surface area (Å²) in [6.07, 6.45) is 1.11. The fourth-order valence-electron chi connectivity index (χ4n) is 2.51. The second-order valence-corrected chi connectivity index (χ2v) is 6.39. The van der Waals surface area contributed by atoms with Crippen molar-refractivity contribution in [2.24, 2.45) is 5.92 Å². The van der Waals surface area contributed by atoms with Crippen LogP contribution in [0.4, 0.5) is 8.78 Å². The minimum Gasteiger partial charge on any atom is -0.380 e. The van der Waals surface area contributed by atoms with Crippen LogP contribution in [0.3, 0.4) is 0 Å². The molecule has 1 aromatic carbocycles. The van der Waals surface area contributed by atoms with Gasteiger partial charge in [-0.3, -0.25) is 0 Å². The lowest BCUT2D eigenvalue weighted by Crippen LogP contribution is -2.45. The molecule has 0 fully saturated rings. The van der Waals surface area contributed by atoms with E-state index < -0.39 is 11.6 Å². The van der Waals surface area contributed by atoms with Crippen molar-refractivity contribution in [2.45, 2.75) is 45.8 Å².